The molecule has 0 fully saturated rings. The molecule has 1 heteroatoms. The average Bonchev–Trinajstić information content (AvgIpc) is 3.10. The molecule has 0 aromatic carbocycles. The molecule has 0 spiro atoms. The maximum atomic E-state index is 3.84. The monoisotopic (exact) mass is 767 g/mol. The molecule has 0 nitrogen and oxygen atoms in total. The van der Waals surface area contributed by atoms with Crippen LogP contribution in [-0.2, 0) is 26.2 Å². The van der Waals surface area contributed by atoms with E-state index in [-0.39, 0.29) is 26.2 Å². The standard InChI is InChI=1S/4C12H25.Zr/c4*1-3-5-7-9-11-12-10-8-6-4-2;/h4*1,3-12H2,2H3;/q4*-1;+4. The third-order valence-corrected chi connectivity index (χ3v) is 9.41. The Morgan fingerprint density at radius 3 is 0.388 bits per heavy atom. The van der Waals surface area contributed by atoms with Crippen molar-refractivity contribution >= 4 is 0 Å². The molecule has 0 rings (SSSR count). The molecule has 0 aliphatic carbocycles. The first-order valence-electron chi connectivity index (χ1n) is 22.8. The second kappa shape index (κ2) is 67.1. The van der Waals surface area contributed by atoms with Crippen LogP contribution in [0.1, 0.15) is 285 Å². The Bertz CT molecular complexity index is 313. The molecule has 0 aromatic heterocycles. The molecule has 49 heavy (non-hydrogen) atoms. The van der Waals surface area contributed by atoms with Crippen molar-refractivity contribution in [1.82, 2.24) is 0 Å². The average molecular weight is 769 g/mol. The number of unbranched alkanes of at least 4 members (excludes halogenated alkanes) is 36. The van der Waals surface area contributed by atoms with Gasteiger partial charge < -0.3 is 27.7 Å². The SMILES string of the molecule is [CH2-]CCCCCCCCCCC.[CH2-]CCCCCCCCCCC.[CH2-]CCCCCCCCCCC.[CH2-]CCCCCCCCCCC.[Zr+4]. The van der Waals surface area contributed by atoms with Crippen LogP contribution in [0, 0.1) is 27.7 Å². The molecule has 0 atom stereocenters. The zero-order valence-corrected chi connectivity index (χ0v) is 38.1. The molecule has 0 bridgehead atoms. The molecular weight excluding hydrogens is 668 g/mol. The zero-order valence-electron chi connectivity index (χ0n) is 35.6. The van der Waals surface area contributed by atoms with Gasteiger partial charge in [0, 0.05) is 0 Å². The first-order chi connectivity index (χ1) is 23.7. The summed E-state index contributed by atoms with van der Waals surface area (Å²) in [5.74, 6) is 0. The van der Waals surface area contributed by atoms with Crippen LogP contribution in [0.25, 0.3) is 0 Å². The van der Waals surface area contributed by atoms with Crippen LogP contribution in [0.4, 0.5) is 0 Å². The van der Waals surface area contributed by atoms with Crippen molar-refractivity contribution in [3.63, 3.8) is 0 Å². The maximum Gasteiger partial charge on any atom is 4.00 e. The topological polar surface area (TPSA) is 0 Å². The van der Waals surface area contributed by atoms with E-state index in [4.69, 9.17) is 0 Å². The number of rotatable bonds is 36. The van der Waals surface area contributed by atoms with E-state index < -0.39 is 0 Å². The van der Waals surface area contributed by atoms with Gasteiger partial charge in [-0.25, -0.2) is 0 Å². The second-order valence-corrected chi connectivity index (χ2v) is 14.7. The predicted molar refractivity (Wildman–Crippen MR) is 229 cm³/mol. The normalized spacial score (nSPS) is 10.3. The van der Waals surface area contributed by atoms with E-state index in [0.717, 1.165) is 25.7 Å². The van der Waals surface area contributed by atoms with Gasteiger partial charge in [-0.1, -0.05) is 259 Å². The van der Waals surface area contributed by atoms with Crippen molar-refractivity contribution in [3.05, 3.63) is 27.7 Å². The summed E-state index contributed by atoms with van der Waals surface area (Å²) in [5.41, 5.74) is 0. The Morgan fingerprint density at radius 2 is 0.286 bits per heavy atom. The molecule has 0 radical (unpaired) electrons. The van der Waals surface area contributed by atoms with E-state index >= 15 is 0 Å². The summed E-state index contributed by atoms with van der Waals surface area (Å²) in [4.78, 5) is 0. The van der Waals surface area contributed by atoms with E-state index in [9.17, 15) is 0 Å². The van der Waals surface area contributed by atoms with Crippen molar-refractivity contribution in [2.75, 3.05) is 0 Å². The van der Waals surface area contributed by atoms with E-state index in [1.165, 1.54) is 231 Å². The molecule has 0 amide bonds. The Balaban J connectivity index is -0.000000174. The van der Waals surface area contributed by atoms with Gasteiger partial charge >= 0.3 is 26.2 Å². The minimum atomic E-state index is 0. The van der Waals surface area contributed by atoms with Crippen molar-refractivity contribution in [2.24, 2.45) is 0 Å². The first kappa shape index (κ1) is 59.2. The van der Waals surface area contributed by atoms with Crippen molar-refractivity contribution in [3.8, 4) is 0 Å². The maximum absolute atomic E-state index is 3.84. The van der Waals surface area contributed by atoms with Gasteiger partial charge in [-0.3, -0.25) is 0 Å². The second-order valence-electron chi connectivity index (χ2n) is 14.7. The molecule has 0 heterocycles. The smallest absolute Gasteiger partial charge is 0.343 e. The number of hydrogen-bond acceptors (Lipinski definition) is 0. The van der Waals surface area contributed by atoms with Crippen LogP contribution in [0.15, 0.2) is 0 Å². The minimum Gasteiger partial charge on any atom is -0.343 e. The van der Waals surface area contributed by atoms with E-state index in [0.29, 0.717) is 0 Å². The van der Waals surface area contributed by atoms with E-state index in [2.05, 4.69) is 55.4 Å². The first-order valence-corrected chi connectivity index (χ1v) is 22.8. The Hall–Kier alpha value is 0.883. The summed E-state index contributed by atoms with van der Waals surface area (Å²) in [6.45, 7) is 24.5. The minimum absolute atomic E-state index is 0. The molecular formula is C48H100Zr. The Labute approximate surface area is 336 Å². The molecule has 0 saturated carbocycles. The van der Waals surface area contributed by atoms with Gasteiger partial charge in [-0.2, -0.15) is 25.7 Å². The summed E-state index contributed by atoms with van der Waals surface area (Å²) >= 11 is 0. The molecule has 0 aromatic rings. The molecule has 0 saturated heterocycles. The van der Waals surface area contributed by atoms with Gasteiger partial charge in [0.2, 0.25) is 0 Å². The van der Waals surface area contributed by atoms with Gasteiger partial charge in [0.1, 0.15) is 0 Å². The summed E-state index contributed by atoms with van der Waals surface area (Å²) in [6, 6.07) is 0. The van der Waals surface area contributed by atoms with E-state index in [1.54, 1.807) is 0 Å². The third kappa shape index (κ3) is 79.0. The van der Waals surface area contributed by atoms with Crippen molar-refractivity contribution < 1.29 is 26.2 Å². The molecule has 0 aliphatic rings. The van der Waals surface area contributed by atoms with Gasteiger partial charge in [-0.05, 0) is 0 Å². The molecule has 0 aliphatic heterocycles. The van der Waals surface area contributed by atoms with Crippen molar-refractivity contribution in [1.29, 1.82) is 0 Å². The number of hydrogen-bond donors (Lipinski definition) is 0. The van der Waals surface area contributed by atoms with Gasteiger partial charge in [0.15, 0.2) is 0 Å². The summed E-state index contributed by atoms with van der Waals surface area (Å²) in [6.07, 6.45) is 55.5. The fourth-order valence-corrected chi connectivity index (χ4v) is 5.95. The van der Waals surface area contributed by atoms with Crippen molar-refractivity contribution in [2.45, 2.75) is 285 Å². The summed E-state index contributed by atoms with van der Waals surface area (Å²) in [7, 11) is 0. The largest absolute Gasteiger partial charge is 4.00 e. The van der Waals surface area contributed by atoms with Gasteiger partial charge in [0.25, 0.3) is 0 Å². The predicted octanol–water partition coefficient (Wildman–Crippen LogP) is 19.0. The summed E-state index contributed by atoms with van der Waals surface area (Å²) in [5, 5.41) is 0. The quantitative estimate of drug-likeness (QED) is 0.0440. The van der Waals surface area contributed by atoms with Crippen LogP contribution in [0.2, 0.25) is 0 Å². The zero-order chi connectivity index (χ0) is 36.3. The molecule has 296 valence electrons. The van der Waals surface area contributed by atoms with Crippen LogP contribution in [0.5, 0.6) is 0 Å². The third-order valence-electron chi connectivity index (χ3n) is 9.41. The van der Waals surface area contributed by atoms with Crippen LogP contribution in [-0.4, -0.2) is 0 Å². The Morgan fingerprint density at radius 1 is 0.184 bits per heavy atom. The fourth-order valence-electron chi connectivity index (χ4n) is 5.95. The van der Waals surface area contributed by atoms with Crippen LogP contribution < -0.4 is 0 Å². The van der Waals surface area contributed by atoms with E-state index in [1.807, 2.05) is 0 Å². The van der Waals surface area contributed by atoms with Crippen LogP contribution in [0.3, 0.4) is 0 Å². The van der Waals surface area contributed by atoms with Gasteiger partial charge in [0.05, 0.1) is 0 Å². The Kier molecular flexibility index (Phi) is 81.0. The molecule has 0 N–H and O–H groups in total. The van der Waals surface area contributed by atoms with Crippen LogP contribution >= 0.6 is 0 Å². The fraction of sp³-hybridized carbons (Fsp3) is 0.917. The van der Waals surface area contributed by atoms with Gasteiger partial charge in [-0.15, -0.1) is 0 Å². The molecule has 0 unspecified atom stereocenters. The summed E-state index contributed by atoms with van der Waals surface area (Å²) < 4.78 is 0.